The molecule has 0 aliphatic carbocycles. The number of hydrogen-bond donors (Lipinski definition) is 0. The number of alkyl halides is 3. The Balaban J connectivity index is 3.66. The number of rotatable bonds is 7. The molecule has 3 nitrogen and oxygen atoms in total. The van der Waals surface area contributed by atoms with E-state index < -0.39 is 12.0 Å². The third-order valence-electron chi connectivity index (χ3n) is 4.24. The molecule has 0 heterocycles. The number of nitrogens with zero attached hydrogens (tertiary/aromatic N) is 2. The summed E-state index contributed by atoms with van der Waals surface area (Å²) in [5.41, 5.74) is 0.945. The highest BCUT2D eigenvalue weighted by atomic mass is 19.4. The van der Waals surface area contributed by atoms with Crippen molar-refractivity contribution >= 4 is 17.2 Å². The van der Waals surface area contributed by atoms with E-state index in [-0.39, 0.29) is 29.7 Å². The van der Waals surface area contributed by atoms with Crippen LogP contribution in [-0.4, -0.2) is 36.1 Å². The van der Waals surface area contributed by atoms with Gasteiger partial charge in [0.15, 0.2) is 0 Å². The number of ketones is 1. The highest BCUT2D eigenvalue weighted by molar-refractivity contribution is 6.02. The maximum Gasteiger partial charge on any atom is 0.454 e. The van der Waals surface area contributed by atoms with Crippen LogP contribution in [0.5, 0.6) is 0 Å². The normalized spacial score (nSPS) is 12.4. The zero-order valence-electron chi connectivity index (χ0n) is 17.0. The fourth-order valence-electron chi connectivity index (χ4n) is 3.57. The van der Waals surface area contributed by atoms with Crippen molar-refractivity contribution in [3.63, 3.8) is 0 Å². The minimum atomic E-state index is -4.89. The Morgan fingerprint density at radius 2 is 1.04 bits per heavy atom. The predicted molar refractivity (Wildman–Crippen MR) is 102 cm³/mol. The molecule has 0 N–H and O–H groups in total. The average molecular weight is 372 g/mol. The first-order chi connectivity index (χ1) is 11.8. The molecule has 1 aromatic carbocycles. The molecule has 0 amide bonds. The van der Waals surface area contributed by atoms with Gasteiger partial charge in [-0.3, -0.25) is 4.79 Å². The fourth-order valence-corrected chi connectivity index (χ4v) is 3.57. The summed E-state index contributed by atoms with van der Waals surface area (Å²) in [6.07, 6.45) is -4.89. The molecule has 0 fully saturated rings. The molecule has 148 valence electrons. The van der Waals surface area contributed by atoms with Crippen LogP contribution in [0.1, 0.15) is 65.7 Å². The van der Waals surface area contributed by atoms with Crippen molar-refractivity contribution in [2.75, 3.05) is 9.80 Å². The molecule has 0 aromatic heterocycles. The maximum absolute atomic E-state index is 13.1. The Labute approximate surface area is 155 Å². The molecule has 1 rings (SSSR count). The highest BCUT2D eigenvalue weighted by Gasteiger charge is 2.40. The summed E-state index contributed by atoms with van der Waals surface area (Å²) in [5.74, 6) is -1.81. The molecule has 0 saturated heterocycles. The van der Waals surface area contributed by atoms with E-state index in [9.17, 15) is 18.0 Å². The second kappa shape index (κ2) is 8.31. The first-order valence-electron chi connectivity index (χ1n) is 9.10. The SMILES string of the molecule is CC(C)N(c1cc(C(=O)C(F)(F)F)cc(N(C(C)C)C(C)C)c1)C(C)C. The quantitative estimate of drug-likeness (QED) is 0.576. The summed E-state index contributed by atoms with van der Waals surface area (Å²) in [5, 5.41) is 0. The molecule has 0 unspecified atom stereocenters. The van der Waals surface area contributed by atoms with Gasteiger partial charge in [-0.2, -0.15) is 13.2 Å². The number of carbonyl (C=O) groups is 1. The first kappa shape index (κ1) is 22.3. The van der Waals surface area contributed by atoms with E-state index in [0.717, 1.165) is 0 Å². The summed E-state index contributed by atoms with van der Waals surface area (Å²) in [4.78, 5) is 16.0. The number of halogens is 3. The van der Waals surface area contributed by atoms with Crippen LogP contribution in [0.25, 0.3) is 0 Å². The lowest BCUT2D eigenvalue weighted by atomic mass is 10.0. The highest BCUT2D eigenvalue weighted by Crippen LogP contribution is 2.33. The molecule has 0 saturated carbocycles. The lowest BCUT2D eigenvalue weighted by Gasteiger charge is -2.37. The number of anilines is 2. The van der Waals surface area contributed by atoms with Crippen molar-refractivity contribution in [1.29, 1.82) is 0 Å². The van der Waals surface area contributed by atoms with Gasteiger partial charge in [-0.1, -0.05) is 0 Å². The van der Waals surface area contributed by atoms with Gasteiger partial charge in [0.05, 0.1) is 0 Å². The van der Waals surface area contributed by atoms with Crippen molar-refractivity contribution in [2.45, 2.75) is 85.7 Å². The molecular formula is C20H31F3N2O. The van der Waals surface area contributed by atoms with Gasteiger partial charge in [0.2, 0.25) is 0 Å². The molecule has 6 heteroatoms. The average Bonchev–Trinajstić information content (AvgIpc) is 2.43. The van der Waals surface area contributed by atoms with Crippen molar-refractivity contribution in [1.82, 2.24) is 0 Å². The zero-order chi connectivity index (χ0) is 20.4. The third kappa shape index (κ3) is 5.15. The van der Waals surface area contributed by atoms with Crippen LogP contribution in [0, 0.1) is 0 Å². The summed E-state index contributed by atoms with van der Waals surface area (Å²) >= 11 is 0. The second-order valence-corrected chi connectivity index (χ2v) is 7.75. The van der Waals surface area contributed by atoms with E-state index in [0.29, 0.717) is 11.4 Å². The topological polar surface area (TPSA) is 23.6 Å². The summed E-state index contributed by atoms with van der Waals surface area (Å²) in [6.45, 7) is 15.9. The van der Waals surface area contributed by atoms with E-state index in [1.54, 1.807) is 0 Å². The number of carbonyl (C=O) groups excluding carboxylic acids is 1. The second-order valence-electron chi connectivity index (χ2n) is 7.75. The van der Waals surface area contributed by atoms with Crippen molar-refractivity contribution in [3.05, 3.63) is 23.8 Å². The van der Waals surface area contributed by atoms with Crippen LogP contribution >= 0.6 is 0 Å². The number of hydrogen-bond acceptors (Lipinski definition) is 3. The fraction of sp³-hybridized carbons (Fsp3) is 0.650. The van der Waals surface area contributed by atoms with Crippen molar-refractivity contribution in [2.24, 2.45) is 0 Å². The minimum absolute atomic E-state index is 0.0886. The van der Waals surface area contributed by atoms with Gasteiger partial charge in [-0.05, 0) is 73.6 Å². The maximum atomic E-state index is 13.1. The van der Waals surface area contributed by atoms with Gasteiger partial charge in [-0.15, -0.1) is 0 Å². The molecule has 0 spiro atoms. The van der Waals surface area contributed by atoms with Crippen molar-refractivity contribution < 1.29 is 18.0 Å². The standard InChI is InChI=1S/C20H31F3N2O/c1-12(2)24(13(3)4)17-9-16(19(26)20(21,22)23)10-18(11-17)25(14(5)6)15(7)8/h9-15H,1-8H3. The number of benzene rings is 1. The van der Waals surface area contributed by atoms with Gasteiger partial charge in [0.1, 0.15) is 0 Å². The van der Waals surface area contributed by atoms with E-state index in [1.165, 1.54) is 12.1 Å². The first-order valence-corrected chi connectivity index (χ1v) is 9.10. The smallest absolute Gasteiger partial charge is 0.367 e. The molecule has 0 bridgehead atoms. The van der Waals surface area contributed by atoms with Crippen LogP contribution in [0.2, 0.25) is 0 Å². The molecule has 0 aliphatic rings. The lowest BCUT2D eigenvalue weighted by Crippen LogP contribution is -2.39. The van der Waals surface area contributed by atoms with Crippen molar-refractivity contribution in [3.8, 4) is 0 Å². The summed E-state index contributed by atoms with van der Waals surface area (Å²) in [7, 11) is 0. The Kier molecular flexibility index (Phi) is 7.14. The summed E-state index contributed by atoms with van der Waals surface area (Å²) in [6, 6.07) is 4.95. The van der Waals surface area contributed by atoms with Gasteiger partial charge in [0.25, 0.3) is 5.78 Å². The van der Waals surface area contributed by atoms with Crippen LogP contribution in [0.3, 0.4) is 0 Å². The van der Waals surface area contributed by atoms with Crippen LogP contribution < -0.4 is 9.80 Å². The van der Waals surface area contributed by atoms with Gasteiger partial charge >= 0.3 is 6.18 Å². The molecule has 0 radical (unpaired) electrons. The summed E-state index contributed by atoms with van der Waals surface area (Å²) < 4.78 is 39.2. The Morgan fingerprint density at radius 1 is 0.731 bits per heavy atom. The zero-order valence-corrected chi connectivity index (χ0v) is 17.0. The largest absolute Gasteiger partial charge is 0.454 e. The van der Waals surface area contributed by atoms with Gasteiger partial charge in [-0.25, -0.2) is 0 Å². The minimum Gasteiger partial charge on any atom is -0.367 e. The number of Topliss-reactive ketones (excluding diaryl/α,β-unsaturated/α-hetero) is 1. The molecular weight excluding hydrogens is 341 g/mol. The Bertz CT molecular complexity index is 568. The molecule has 26 heavy (non-hydrogen) atoms. The van der Waals surface area contributed by atoms with E-state index in [1.807, 2.05) is 71.3 Å². The van der Waals surface area contributed by atoms with E-state index in [4.69, 9.17) is 0 Å². The van der Waals surface area contributed by atoms with E-state index >= 15 is 0 Å². The molecule has 0 aliphatic heterocycles. The van der Waals surface area contributed by atoms with Crippen LogP contribution in [-0.2, 0) is 0 Å². The molecule has 0 atom stereocenters. The van der Waals surface area contributed by atoms with E-state index in [2.05, 4.69) is 0 Å². The Morgan fingerprint density at radius 3 is 1.27 bits per heavy atom. The van der Waals surface area contributed by atoms with Gasteiger partial charge in [0, 0.05) is 41.1 Å². The Hall–Kier alpha value is -1.72. The van der Waals surface area contributed by atoms with Crippen LogP contribution in [0.4, 0.5) is 24.5 Å². The molecule has 1 aromatic rings. The van der Waals surface area contributed by atoms with Crippen LogP contribution in [0.15, 0.2) is 18.2 Å². The van der Waals surface area contributed by atoms with Gasteiger partial charge < -0.3 is 9.80 Å². The monoisotopic (exact) mass is 372 g/mol. The predicted octanol–water partition coefficient (Wildman–Crippen LogP) is 5.68. The third-order valence-corrected chi connectivity index (χ3v) is 4.24. The lowest BCUT2D eigenvalue weighted by molar-refractivity contribution is -0.0885.